The molecule has 0 fully saturated rings. The number of thiazole rings is 1. The molecule has 0 aromatic carbocycles. The topological polar surface area (TPSA) is 17.3 Å². The van der Waals surface area contributed by atoms with Crippen molar-refractivity contribution in [3.8, 4) is 0 Å². The van der Waals surface area contributed by atoms with Crippen molar-refractivity contribution in [1.82, 2.24) is 4.57 Å². The van der Waals surface area contributed by atoms with E-state index in [1.54, 1.807) is 0 Å². The lowest BCUT2D eigenvalue weighted by atomic mass is 10.5. The highest BCUT2D eigenvalue weighted by atomic mass is 32.1. The molecule has 0 aliphatic carbocycles. The predicted molar refractivity (Wildman–Crippen MR) is 49.6 cm³/mol. The van der Waals surface area contributed by atoms with Crippen LogP contribution in [0.5, 0.6) is 0 Å². The Labute approximate surface area is 96.2 Å². The number of aryl methyl sites for hydroxylation is 1. The minimum absolute atomic E-state index is 0.230. The molecule has 1 rings (SSSR count). The summed E-state index contributed by atoms with van der Waals surface area (Å²) in [4.78, 5) is 2.86. The van der Waals surface area contributed by atoms with E-state index in [9.17, 15) is 26.3 Å². The van der Waals surface area contributed by atoms with Gasteiger partial charge in [-0.05, 0) is 6.92 Å². The van der Waals surface area contributed by atoms with Crippen molar-refractivity contribution in [2.45, 2.75) is 25.8 Å². The zero-order valence-corrected chi connectivity index (χ0v) is 9.38. The quantitative estimate of drug-likeness (QED) is 0.740. The molecule has 0 unspecified atom stereocenters. The molecule has 0 aliphatic heterocycles. The first-order chi connectivity index (χ1) is 7.58. The van der Waals surface area contributed by atoms with Crippen molar-refractivity contribution in [3.63, 3.8) is 0 Å². The van der Waals surface area contributed by atoms with Gasteiger partial charge < -0.3 is 4.57 Å². The summed E-state index contributed by atoms with van der Waals surface area (Å²) < 4.78 is 72.9. The van der Waals surface area contributed by atoms with Gasteiger partial charge in [0.25, 0.3) is 0 Å². The van der Waals surface area contributed by atoms with Crippen LogP contribution in [-0.2, 0) is 6.54 Å². The van der Waals surface area contributed by atoms with Crippen molar-refractivity contribution in [2.24, 2.45) is 4.99 Å². The average Bonchev–Trinajstić information content (AvgIpc) is 2.41. The summed E-state index contributed by atoms with van der Waals surface area (Å²) in [5.74, 6) is 0. The van der Waals surface area contributed by atoms with Gasteiger partial charge in [0.2, 0.25) is 0 Å². The highest BCUT2D eigenvalue weighted by Gasteiger charge is 2.30. The van der Waals surface area contributed by atoms with E-state index in [2.05, 4.69) is 4.99 Å². The van der Waals surface area contributed by atoms with Crippen LogP contribution in [0.1, 0.15) is 5.69 Å². The largest absolute Gasteiger partial charge is 0.408 e. The van der Waals surface area contributed by atoms with Gasteiger partial charge in [-0.15, -0.1) is 11.3 Å². The van der Waals surface area contributed by atoms with E-state index in [1.165, 1.54) is 12.3 Å². The van der Waals surface area contributed by atoms with Crippen LogP contribution < -0.4 is 4.80 Å². The van der Waals surface area contributed by atoms with Gasteiger partial charge in [-0.2, -0.15) is 26.3 Å². The summed E-state index contributed by atoms with van der Waals surface area (Å²) in [7, 11) is 0. The molecule has 1 aromatic heterocycles. The molecule has 1 aromatic rings. The molecule has 17 heavy (non-hydrogen) atoms. The van der Waals surface area contributed by atoms with Crippen LogP contribution in [0.15, 0.2) is 10.4 Å². The molecule has 0 spiro atoms. The SMILES string of the molecule is Cc1csc(=NCC(F)(F)F)n1CC(F)(F)F. The Bertz CT molecular complexity index is 438. The van der Waals surface area contributed by atoms with Crippen LogP contribution in [-0.4, -0.2) is 23.5 Å². The third kappa shape index (κ3) is 4.80. The molecule has 0 atom stereocenters. The molecule has 0 radical (unpaired) electrons. The molecular weight excluding hydrogens is 270 g/mol. The average molecular weight is 278 g/mol. The van der Waals surface area contributed by atoms with Gasteiger partial charge in [-0.1, -0.05) is 0 Å². The Morgan fingerprint density at radius 1 is 1.18 bits per heavy atom. The van der Waals surface area contributed by atoms with Gasteiger partial charge in [0.1, 0.15) is 13.1 Å². The molecule has 0 amide bonds. The molecule has 0 bridgehead atoms. The summed E-state index contributed by atoms with van der Waals surface area (Å²) in [6.45, 7) is -1.43. The van der Waals surface area contributed by atoms with Gasteiger partial charge in [0.05, 0.1) is 0 Å². The molecule has 0 aliphatic rings. The normalized spacial score (nSPS) is 14.4. The van der Waals surface area contributed by atoms with E-state index in [4.69, 9.17) is 0 Å². The van der Waals surface area contributed by atoms with E-state index < -0.39 is 25.4 Å². The second-order valence-electron chi connectivity index (χ2n) is 3.29. The van der Waals surface area contributed by atoms with Crippen LogP contribution in [0.25, 0.3) is 0 Å². The van der Waals surface area contributed by atoms with Crippen molar-refractivity contribution < 1.29 is 26.3 Å². The van der Waals surface area contributed by atoms with Crippen LogP contribution >= 0.6 is 11.3 Å². The molecule has 0 saturated heterocycles. The standard InChI is InChI=1S/C8H8F6N2S/c1-5-2-17-6(15-3-7(9,10)11)16(5)4-8(12,13)14/h2H,3-4H2,1H3. The molecule has 0 saturated carbocycles. The highest BCUT2D eigenvalue weighted by molar-refractivity contribution is 7.07. The minimum Gasteiger partial charge on any atom is -0.312 e. The fourth-order valence-corrected chi connectivity index (χ4v) is 1.95. The molecule has 1 heterocycles. The van der Waals surface area contributed by atoms with E-state index in [-0.39, 0.29) is 10.5 Å². The second kappa shape index (κ2) is 4.71. The Kier molecular flexibility index (Phi) is 3.90. The summed E-state index contributed by atoms with van der Waals surface area (Å²) in [6, 6.07) is 0. The number of nitrogens with zero attached hydrogens (tertiary/aromatic N) is 2. The fraction of sp³-hybridized carbons (Fsp3) is 0.625. The highest BCUT2D eigenvalue weighted by Crippen LogP contribution is 2.18. The first kappa shape index (κ1) is 14.1. The second-order valence-corrected chi connectivity index (χ2v) is 4.13. The first-order valence-electron chi connectivity index (χ1n) is 4.37. The van der Waals surface area contributed by atoms with Crippen LogP contribution in [0, 0.1) is 6.92 Å². The zero-order chi connectivity index (χ0) is 13.3. The minimum atomic E-state index is -4.52. The Morgan fingerprint density at radius 3 is 2.24 bits per heavy atom. The Hall–Kier alpha value is -0.990. The fourth-order valence-electron chi connectivity index (χ4n) is 1.07. The number of aromatic nitrogens is 1. The predicted octanol–water partition coefficient (Wildman–Crippen LogP) is 2.88. The smallest absolute Gasteiger partial charge is 0.312 e. The van der Waals surface area contributed by atoms with Gasteiger partial charge in [0, 0.05) is 11.1 Å². The number of halogens is 6. The van der Waals surface area contributed by atoms with E-state index in [0.29, 0.717) is 0 Å². The molecule has 98 valence electrons. The maximum Gasteiger partial charge on any atom is 0.408 e. The Morgan fingerprint density at radius 2 is 1.76 bits per heavy atom. The molecular formula is C8H8F6N2S. The number of hydrogen-bond acceptors (Lipinski definition) is 2. The third-order valence-corrected chi connectivity index (χ3v) is 2.74. The summed E-state index contributed by atoms with van der Waals surface area (Å²) in [5.41, 5.74) is 0.230. The number of alkyl halides is 6. The van der Waals surface area contributed by atoms with Gasteiger partial charge in [0.15, 0.2) is 4.80 Å². The molecule has 0 N–H and O–H groups in total. The lowest BCUT2D eigenvalue weighted by molar-refractivity contribution is -0.141. The summed E-state index contributed by atoms with van der Waals surface area (Å²) in [6.07, 6.45) is -9.01. The monoisotopic (exact) mass is 278 g/mol. The van der Waals surface area contributed by atoms with Crippen LogP contribution in [0.3, 0.4) is 0 Å². The van der Waals surface area contributed by atoms with Crippen LogP contribution in [0.4, 0.5) is 26.3 Å². The van der Waals surface area contributed by atoms with E-state index >= 15 is 0 Å². The molecule has 2 nitrogen and oxygen atoms in total. The van der Waals surface area contributed by atoms with Crippen LogP contribution in [0.2, 0.25) is 0 Å². The Balaban J connectivity index is 3.02. The van der Waals surface area contributed by atoms with E-state index in [1.807, 2.05) is 0 Å². The van der Waals surface area contributed by atoms with Crippen molar-refractivity contribution in [3.05, 3.63) is 15.9 Å². The maximum absolute atomic E-state index is 12.2. The zero-order valence-electron chi connectivity index (χ0n) is 8.56. The lowest BCUT2D eigenvalue weighted by Crippen LogP contribution is -2.27. The van der Waals surface area contributed by atoms with Gasteiger partial charge in [-0.25, -0.2) is 4.99 Å². The first-order valence-corrected chi connectivity index (χ1v) is 5.25. The third-order valence-electron chi connectivity index (χ3n) is 1.72. The number of hydrogen-bond donors (Lipinski definition) is 0. The van der Waals surface area contributed by atoms with E-state index in [0.717, 1.165) is 15.9 Å². The van der Waals surface area contributed by atoms with Gasteiger partial charge >= 0.3 is 12.4 Å². The summed E-state index contributed by atoms with van der Waals surface area (Å²) >= 11 is 0.754. The lowest BCUT2D eigenvalue weighted by Gasteiger charge is -2.09. The van der Waals surface area contributed by atoms with Crippen molar-refractivity contribution in [1.29, 1.82) is 0 Å². The van der Waals surface area contributed by atoms with Crippen molar-refractivity contribution >= 4 is 11.3 Å². The molecule has 9 heteroatoms. The van der Waals surface area contributed by atoms with Crippen molar-refractivity contribution in [2.75, 3.05) is 6.54 Å². The number of rotatable bonds is 2. The maximum atomic E-state index is 12.2. The van der Waals surface area contributed by atoms with Gasteiger partial charge in [-0.3, -0.25) is 0 Å². The summed E-state index contributed by atoms with van der Waals surface area (Å²) in [5, 5.41) is 1.33.